The molecule has 0 aliphatic carbocycles. The van der Waals surface area contributed by atoms with Crippen LogP contribution in [0.4, 0.5) is 0 Å². The Kier molecular flexibility index (Phi) is 8.59. The SMILES string of the molecule is CCS(=O)(=O)CCCC(=O)CCC(CCN)C(C)(C)C. The van der Waals surface area contributed by atoms with E-state index in [9.17, 15) is 13.2 Å². The number of sulfone groups is 1. The molecule has 0 aliphatic heterocycles. The summed E-state index contributed by atoms with van der Waals surface area (Å²) in [5.41, 5.74) is 5.78. The van der Waals surface area contributed by atoms with Crippen molar-refractivity contribution in [3.8, 4) is 0 Å². The van der Waals surface area contributed by atoms with Gasteiger partial charge in [0.2, 0.25) is 0 Å². The normalized spacial score (nSPS) is 14.2. The average Bonchev–Trinajstić information content (AvgIpc) is 2.32. The molecule has 0 rings (SSSR count). The van der Waals surface area contributed by atoms with Gasteiger partial charge < -0.3 is 5.73 Å². The summed E-state index contributed by atoms with van der Waals surface area (Å²) in [7, 11) is -2.95. The van der Waals surface area contributed by atoms with Crippen LogP contribution in [0.2, 0.25) is 0 Å². The van der Waals surface area contributed by atoms with E-state index in [1.165, 1.54) is 0 Å². The van der Waals surface area contributed by atoms with Crippen LogP contribution in [0.3, 0.4) is 0 Å². The summed E-state index contributed by atoms with van der Waals surface area (Å²) in [4.78, 5) is 11.8. The standard InChI is InChI=1S/C15H31NO3S/c1-5-20(18,19)12-6-7-14(17)9-8-13(10-11-16)15(2,3)4/h13H,5-12,16H2,1-4H3. The van der Waals surface area contributed by atoms with Crippen LogP contribution in [0.25, 0.3) is 0 Å². The van der Waals surface area contributed by atoms with E-state index in [2.05, 4.69) is 20.8 Å². The van der Waals surface area contributed by atoms with Gasteiger partial charge in [0, 0.05) is 18.6 Å². The van der Waals surface area contributed by atoms with Gasteiger partial charge in [0.05, 0.1) is 5.75 Å². The molecule has 0 saturated carbocycles. The van der Waals surface area contributed by atoms with Gasteiger partial charge in [0.1, 0.15) is 15.6 Å². The van der Waals surface area contributed by atoms with Gasteiger partial charge in [0.25, 0.3) is 0 Å². The number of ketones is 1. The minimum atomic E-state index is -2.95. The summed E-state index contributed by atoms with van der Waals surface area (Å²) in [5, 5.41) is 0. The Balaban J connectivity index is 4.09. The summed E-state index contributed by atoms with van der Waals surface area (Å²) in [5.74, 6) is 0.892. The minimum Gasteiger partial charge on any atom is -0.330 e. The van der Waals surface area contributed by atoms with Gasteiger partial charge in [0.15, 0.2) is 0 Å². The molecule has 1 unspecified atom stereocenters. The highest BCUT2D eigenvalue weighted by atomic mass is 32.2. The maximum absolute atomic E-state index is 11.8. The van der Waals surface area contributed by atoms with Crippen LogP contribution in [0, 0.1) is 11.3 Å². The number of hydrogen-bond donors (Lipinski definition) is 1. The third-order valence-electron chi connectivity index (χ3n) is 3.86. The minimum absolute atomic E-state index is 0.126. The number of carbonyl (C=O) groups excluding carboxylic acids is 1. The Morgan fingerprint density at radius 3 is 2.20 bits per heavy atom. The molecule has 0 aromatic heterocycles. The van der Waals surface area contributed by atoms with Crippen molar-refractivity contribution in [1.82, 2.24) is 0 Å². The van der Waals surface area contributed by atoms with E-state index < -0.39 is 9.84 Å². The lowest BCUT2D eigenvalue weighted by atomic mass is 9.76. The van der Waals surface area contributed by atoms with Crippen molar-refractivity contribution in [2.45, 2.75) is 59.8 Å². The molecule has 0 bridgehead atoms. The predicted molar refractivity (Wildman–Crippen MR) is 84.4 cm³/mol. The largest absolute Gasteiger partial charge is 0.330 e. The molecule has 0 heterocycles. The van der Waals surface area contributed by atoms with Crippen LogP contribution in [0.1, 0.15) is 59.8 Å². The molecule has 0 amide bonds. The summed E-state index contributed by atoms with van der Waals surface area (Å²) in [6.07, 6.45) is 3.14. The van der Waals surface area contributed by atoms with Crippen molar-refractivity contribution in [3.63, 3.8) is 0 Å². The first-order valence-corrected chi connectivity index (χ1v) is 9.36. The second-order valence-corrected chi connectivity index (χ2v) is 9.03. The van der Waals surface area contributed by atoms with Gasteiger partial charge in [-0.3, -0.25) is 4.79 Å². The molecule has 0 aromatic rings. The quantitative estimate of drug-likeness (QED) is 0.673. The zero-order chi connectivity index (χ0) is 15.8. The number of rotatable bonds is 10. The van der Waals surface area contributed by atoms with Crippen molar-refractivity contribution in [2.75, 3.05) is 18.1 Å². The fourth-order valence-electron chi connectivity index (χ4n) is 2.31. The van der Waals surface area contributed by atoms with Crippen molar-refractivity contribution in [1.29, 1.82) is 0 Å². The second-order valence-electron chi connectivity index (χ2n) is 6.56. The molecule has 0 radical (unpaired) electrons. The van der Waals surface area contributed by atoms with Crippen LogP contribution in [-0.4, -0.2) is 32.3 Å². The highest BCUT2D eigenvalue weighted by Crippen LogP contribution is 2.32. The number of nitrogens with two attached hydrogens (primary N) is 1. The van der Waals surface area contributed by atoms with E-state index in [1.807, 2.05) is 0 Å². The van der Waals surface area contributed by atoms with Crippen molar-refractivity contribution >= 4 is 15.6 Å². The van der Waals surface area contributed by atoms with Gasteiger partial charge in [-0.1, -0.05) is 27.7 Å². The highest BCUT2D eigenvalue weighted by Gasteiger charge is 2.24. The van der Waals surface area contributed by atoms with Crippen molar-refractivity contribution in [2.24, 2.45) is 17.1 Å². The van der Waals surface area contributed by atoms with E-state index in [0.29, 0.717) is 31.7 Å². The molecule has 0 aromatic carbocycles. The molecule has 0 spiro atoms. The van der Waals surface area contributed by atoms with Crippen molar-refractivity contribution < 1.29 is 13.2 Å². The van der Waals surface area contributed by atoms with Gasteiger partial charge in [-0.2, -0.15) is 0 Å². The summed E-state index contributed by atoms with van der Waals surface area (Å²) in [6.45, 7) is 8.80. The first-order chi connectivity index (χ1) is 9.12. The van der Waals surface area contributed by atoms with Gasteiger partial charge in [-0.15, -0.1) is 0 Å². The molecule has 120 valence electrons. The monoisotopic (exact) mass is 305 g/mol. The van der Waals surface area contributed by atoms with E-state index >= 15 is 0 Å². The maximum Gasteiger partial charge on any atom is 0.150 e. The zero-order valence-corrected chi connectivity index (χ0v) is 14.3. The Morgan fingerprint density at radius 2 is 1.75 bits per heavy atom. The average molecular weight is 305 g/mol. The lowest BCUT2D eigenvalue weighted by Crippen LogP contribution is -2.24. The van der Waals surface area contributed by atoms with Crippen LogP contribution >= 0.6 is 0 Å². The third-order valence-corrected chi connectivity index (χ3v) is 5.65. The Labute approximate surface area is 124 Å². The molecule has 0 aliphatic rings. The van der Waals surface area contributed by atoms with E-state index in [1.54, 1.807) is 6.92 Å². The summed E-state index contributed by atoms with van der Waals surface area (Å²) in [6, 6.07) is 0. The maximum atomic E-state index is 11.8. The Hall–Kier alpha value is -0.420. The van der Waals surface area contributed by atoms with Crippen LogP contribution in [0.5, 0.6) is 0 Å². The Bertz CT molecular complexity index is 382. The molecular weight excluding hydrogens is 274 g/mol. The summed E-state index contributed by atoms with van der Waals surface area (Å²) < 4.78 is 22.7. The van der Waals surface area contributed by atoms with Gasteiger partial charge in [-0.05, 0) is 37.1 Å². The topological polar surface area (TPSA) is 77.2 Å². The number of hydrogen-bond acceptors (Lipinski definition) is 4. The molecule has 4 nitrogen and oxygen atoms in total. The molecule has 2 N–H and O–H groups in total. The molecule has 0 saturated heterocycles. The molecule has 0 fully saturated rings. The lowest BCUT2D eigenvalue weighted by molar-refractivity contribution is -0.119. The van der Waals surface area contributed by atoms with E-state index in [4.69, 9.17) is 5.73 Å². The Morgan fingerprint density at radius 1 is 1.15 bits per heavy atom. The van der Waals surface area contributed by atoms with Crippen LogP contribution < -0.4 is 5.73 Å². The smallest absolute Gasteiger partial charge is 0.150 e. The van der Waals surface area contributed by atoms with Gasteiger partial charge >= 0.3 is 0 Å². The van der Waals surface area contributed by atoms with E-state index in [-0.39, 0.29) is 22.7 Å². The fraction of sp³-hybridized carbons (Fsp3) is 0.933. The van der Waals surface area contributed by atoms with Crippen molar-refractivity contribution in [3.05, 3.63) is 0 Å². The van der Waals surface area contributed by atoms with E-state index in [0.717, 1.165) is 12.8 Å². The lowest BCUT2D eigenvalue weighted by Gasteiger charge is -2.30. The molecular formula is C15H31NO3S. The zero-order valence-electron chi connectivity index (χ0n) is 13.4. The third kappa shape index (κ3) is 8.69. The molecule has 1 atom stereocenters. The fourth-order valence-corrected chi connectivity index (χ4v) is 3.18. The summed E-state index contributed by atoms with van der Waals surface area (Å²) >= 11 is 0. The second kappa shape index (κ2) is 8.78. The number of carbonyl (C=O) groups is 1. The van der Waals surface area contributed by atoms with Gasteiger partial charge in [-0.25, -0.2) is 8.42 Å². The van der Waals surface area contributed by atoms with Crippen LogP contribution in [-0.2, 0) is 14.6 Å². The first-order valence-electron chi connectivity index (χ1n) is 7.54. The highest BCUT2D eigenvalue weighted by molar-refractivity contribution is 7.91. The van der Waals surface area contributed by atoms with Crippen LogP contribution in [0.15, 0.2) is 0 Å². The first kappa shape index (κ1) is 19.6. The molecule has 20 heavy (non-hydrogen) atoms. The molecule has 5 heteroatoms. The number of Topliss-reactive ketones (excluding diaryl/α,β-unsaturated/α-hetero) is 1. The predicted octanol–water partition coefficient (Wildman–Crippen LogP) is 2.56.